The molecule has 0 fully saturated rings. The maximum Gasteiger partial charge on any atom is 0.185 e. The Kier molecular flexibility index (Phi) is 3.55. The van der Waals surface area contributed by atoms with Crippen LogP contribution in [0, 0.1) is 5.92 Å². The molecule has 1 rings (SSSR count). The van der Waals surface area contributed by atoms with Gasteiger partial charge in [0, 0.05) is 12.8 Å². The monoisotopic (exact) mass is 186 g/mol. The molecule has 0 aromatic carbocycles. The zero-order valence-electron chi connectivity index (χ0n) is 7.40. The predicted octanol–water partition coefficient (Wildman–Crippen LogP) is 0.502. The zero-order chi connectivity index (χ0) is 8.97. The maximum absolute atomic E-state index is 5.49. The Bertz CT molecular complexity index is 235. The molecule has 1 aromatic rings. The lowest BCUT2D eigenvalue weighted by Gasteiger charge is -2.05. The number of aryl methyl sites for hydroxylation is 1. The number of nitrogens with zero attached hydrogens (tertiary/aromatic N) is 3. The van der Waals surface area contributed by atoms with Crippen molar-refractivity contribution in [3.63, 3.8) is 0 Å². The Morgan fingerprint density at radius 2 is 2.50 bits per heavy atom. The Morgan fingerprint density at radius 1 is 1.75 bits per heavy atom. The van der Waals surface area contributed by atoms with Gasteiger partial charge >= 0.3 is 0 Å². The number of thioether (sulfide) groups is 1. The highest BCUT2D eigenvalue weighted by atomic mass is 32.2. The highest BCUT2D eigenvalue weighted by Gasteiger charge is 2.04. The summed E-state index contributed by atoms with van der Waals surface area (Å²) in [5, 5.41) is 4.93. The molecule has 0 bridgehead atoms. The van der Waals surface area contributed by atoms with E-state index >= 15 is 0 Å². The van der Waals surface area contributed by atoms with Gasteiger partial charge in [-0.1, -0.05) is 18.7 Å². The third-order valence-corrected chi connectivity index (χ3v) is 2.93. The molecule has 0 aliphatic heterocycles. The van der Waals surface area contributed by atoms with Gasteiger partial charge in [0.05, 0.1) is 0 Å². The molecular weight excluding hydrogens is 172 g/mol. The largest absolute Gasteiger partial charge is 0.330 e. The standard InChI is InChI=1S/C7H14N4S/c1-6(3-8)4-12-7-9-5-10-11(7)2/h5-6H,3-4,8H2,1-2H3. The predicted molar refractivity (Wildman–Crippen MR) is 49.9 cm³/mol. The van der Waals surface area contributed by atoms with Crippen LogP contribution >= 0.6 is 11.8 Å². The van der Waals surface area contributed by atoms with E-state index in [9.17, 15) is 0 Å². The van der Waals surface area contributed by atoms with Gasteiger partial charge in [0.25, 0.3) is 0 Å². The summed E-state index contributed by atoms with van der Waals surface area (Å²) in [6, 6.07) is 0. The summed E-state index contributed by atoms with van der Waals surface area (Å²) in [7, 11) is 1.89. The van der Waals surface area contributed by atoms with E-state index in [1.54, 1.807) is 22.8 Å². The lowest BCUT2D eigenvalue weighted by molar-refractivity contribution is 0.661. The first-order valence-corrected chi connectivity index (χ1v) is 4.89. The van der Waals surface area contributed by atoms with Crippen molar-refractivity contribution in [3.05, 3.63) is 6.33 Å². The molecule has 4 nitrogen and oxygen atoms in total. The average molecular weight is 186 g/mol. The van der Waals surface area contributed by atoms with E-state index < -0.39 is 0 Å². The fourth-order valence-corrected chi connectivity index (χ4v) is 1.63. The van der Waals surface area contributed by atoms with Gasteiger partial charge in [-0.3, -0.25) is 0 Å². The van der Waals surface area contributed by atoms with Gasteiger partial charge in [-0.2, -0.15) is 5.10 Å². The van der Waals surface area contributed by atoms with Crippen LogP contribution in [0.1, 0.15) is 6.92 Å². The van der Waals surface area contributed by atoms with Gasteiger partial charge in [-0.15, -0.1) is 0 Å². The smallest absolute Gasteiger partial charge is 0.185 e. The van der Waals surface area contributed by atoms with Crippen molar-refractivity contribution >= 4 is 11.8 Å². The van der Waals surface area contributed by atoms with Crippen LogP contribution < -0.4 is 5.73 Å². The van der Waals surface area contributed by atoms with Crippen molar-refractivity contribution in [2.24, 2.45) is 18.7 Å². The SMILES string of the molecule is CC(CN)CSc1ncnn1C. The van der Waals surface area contributed by atoms with Crippen LogP contribution in [0.2, 0.25) is 0 Å². The van der Waals surface area contributed by atoms with Crippen molar-refractivity contribution in [1.29, 1.82) is 0 Å². The minimum atomic E-state index is 0.534. The van der Waals surface area contributed by atoms with Gasteiger partial charge in [-0.25, -0.2) is 9.67 Å². The number of nitrogens with two attached hydrogens (primary N) is 1. The van der Waals surface area contributed by atoms with E-state index in [4.69, 9.17) is 5.73 Å². The second kappa shape index (κ2) is 4.47. The Hall–Kier alpha value is -0.550. The normalized spacial score (nSPS) is 13.2. The van der Waals surface area contributed by atoms with Crippen molar-refractivity contribution in [3.8, 4) is 0 Å². The van der Waals surface area contributed by atoms with Crippen molar-refractivity contribution in [2.45, 2.75) is 12.1 Å². The van der Waals surface area contributed by atoms with Crippen molar-refractivity contribution in [2.75, 3.05) is 12.3 Å². The third kappa shape index (κ3) is 2.49. The molecule has 0 spiro atoms. The first-order valence-electron chi connectivity index (χ1n) is 3.91. The summed E-state index contributed by atoms with van der Waals surface area (Å²) in [4.78, 5) is 4.10. The van der Waals surface area contributed by atoms with Gasteiger partial charge < -0.3 is 5.73 Å². The fourth-order valence-electron chi connectivity index (χ4n) is 0.701. The summed E-state index contributed by atoms with van der Waals surface area (Å²) in [6.45, 7) is 2.86. The first kappa shape index (κ1) is 9.54. The van der Waals surface area contributed by atoms with Gasteiger partial charge in [0.1, 0.15) is 6.33 Å². The summed E-state index contributed by atoms with van der Waals surface area (Å²) in [5.74, 6) is 1.54. The molecule has 0 saturated heterocycles. The quantitative estimate of drug-likeness (QED) is 0.696. The molecule has 0 radical (unpaired) electrons. The topological polar surface area (TPSA) is 56.7 Å². The lowest BCUT2D eigenvalue weighted by Crippen LogP contribution is -2.13. The summed E-state index contributed by atoms with van der Waals surface area (Å²) in [6.07, 6.45) is 1.56. The first-order chi connectivity index (χ1) is 5.74. The zero-order valence-corrected chi connectivity index (χ0v) is 8.21. The van der Waals surface area contributed by atoms with Crippen LogP contribution in [0.4, 0.5) is 0 Å². The number of aromatic nitrogens is 3. The van der Waals surface area contributed by atoms with E-state index in [0.717, 1.165) is 17.5 Å². The number of hydrogen-bond donors (Lipinski definition) is 1. The minimum Gasteiger partial charge on any atom is -0.330 e. The third-order valence-electron chi connectivity index (χ3n) is 1.57. The van der Waals surface area contributed by atoms with Gasteiger partial charge in [-0.05, 0) is 12.5 Å². The lowest BCUT2D eigenvalue weighted by atomic mass is 10.2. The second-order valence-electron chi connectivity index (χ2n) is 2.82. The van der Waals surface area contributed by atoms with E-state index in [1.807, 2.05) is 7.05 Å². The Morgan fingerprint density at radius 3 is 3.00 bits per heavy atom. The molecule has 0 amide bonds. The Labute approximate surface area is 76.5 Å². The average Bonchev–Trinajstić information content (AvgIpc) is 2.47. The summed E-state index contributed by atoms with van der Waals surface area (Å²) < 4.78 is 1.77. The van der Waals surface area contributed by atoms with E-state index in [0.29, 0.717) is 5.92 Å². The van der Waals surface area contributed by atoms with Crippen molar-refractivity contribution < 1.29 is 0 Å². The summed E-state index contributed by atoms with van der Waals surface area (Å²) >= 11 is 1.70. The second-order valence-corrected chi connectivity index (χ2v) is 3.81. The minimum absolute atomic E-state index is 0.534. The molecular formula is C7H14N4S. The van der Waals surface area contributed by atoms with Crippen LogP contribution in [0.5, 0.6) is 0 Å². The number of hydrogen-bond acceptors (Lipinski definition) is 4. The van der Waals surface area contributed by atoms with Gasteiger partial charge in [0.2, 0.25) is 0 Å². The molecule has 0 aliphatic rings. The highest BCUT2D eigenvalue weighted by molar-refractivity contribution is 7.99. The van der Waals surface area contributed by atoms with Crippen LogP contribution in [-0.2, 0) is 7.05 Å². The summed E-state index contributed by atoms with van der Waals surface area (Å²) in [5.41, 5.74) is 5.49. The van der Waals surface area contributed by atoms with Crippen LogP contribution in [0.25, 0.3) is 0 Å². The molecule has 1 atom stereocenters. The van der Waals surface area contributed by atoms with E-state index in [2.05, 4.69) is 17.0 Å². The van der Waals surface area contributed by atoms with Crippen LogP contribution in [0.3, 0.4) is 0 Å². The molecule has 68 valence electrons. The van der Waals surface area contributed by atoms with Crippen LogP contribution in [0.15, 0.2) is 11.5 Å². The maximum atomic E-state index is 5.49. The van der Waals surface area contributed by atoms with Crippen LogP contribution in [-0.4, -0.2) is 27.1 Å². The fraction of sp³-hybridized carbons (Fsp3) is 0.714. The van der Waals surface area contributed by atoms with E-state index in [-0.39, 0.29) is 0 Å². The van der Waals surface area contributed by atoms with E-state index in [1.165, 1.54) is 0 Å². The van der Waals surface area contributed by atoms with Gasteiger partial charge in [0.15, 0.2) is 5.16 Å². The highest BCUT2D eigenvalue weighted by Crippen LogP contribution is 2.16. The Balaban J connectivity index is 2.38. The molecule has 1 unspecified atom stereocenters. The molecule has 5 heteroatoms. The van der Waals surface area contributed by atoms with Crippen molar-refractivity contribution in [1.82, 2.24) is 14.8 Å². The molecule has 0 aliphatic carbocycles. The molecule has 0 saturated carbocycles. The molecule has 1 heterocycles. The molecule has 1 aromatic heterocycles. The molecule has 2 N–H and O–H groups in total. The molecule has 12 heavy (non-hydrogen) atoms. The number of rotatable bonds is 4.